The Morgan fingerprint density at radius 1 is 0.727 bits per heavy atom. The molecular formula is C36H44N6O2. The van der Waals surface area contributed by atoms with Crippen LogP contribution in [0.3, 0.4) is 0 Å². The van der Waals surface area contributed by atoms with E-state index in [-0.39, 0.29) is 34.7 Å². The highest BCUT2D eigenvalue weighted by Gasteiger charge is 2.35. The summed E-state index contributed by atoms with van der Waals surface area (Å²) in [6, 6.07) is 12.0. The molecule has 2 aromatic heterocycles. The number of hydrogen-bond acceptors (Lipinski definition) is 4. The van der Waals surface area contributed by atoms with Gasteiger partial charge in [-0.25, -0.2) is 9.97 Å². The molecule has 0 saturated carbocycles. The number of fused-ring (bicyclic) bond motifs is 2. The van der Waals surface area contributed by atoms with E-state index in [1.165, 1.54) is 0 Å². The van der Waals surface area contributed by atoms with E-state index in [2.05, 4.69) is 63.4 Å². The number of likely N-dealkylation sites (tertiary alicyclic amines) is 2. The first-order chi connectivity index (χ1) is 20.8. The van der Waals surface area contributed by atoms with Gasteiger partial charge < -0.3 is 19.8 Å². The molecule has 1 unspecified atom stereocenters. The number of aromatic nitrogens is 4. The number of carbonyl (C=O) groups is 2. The van der Waals surface area contributed by atoms with E-state index >= 15 is 0 Å². The van der Waals surface area contributed by atoms with E-state index in [0.29, 0.717) is 12.8 Å². The second-order valence-corrected chi connectivity index (χ2v) is 14.9. The van der Waals surface area contributed by atoms with Gasteiger partial charge in [0.15, 0.2) is 0 Å². The Kier molecular flexibility index (Phi) is 7.77. The molecule has 4 heterocycles. The summed E-state index contributed by atoms with van der Waals surface area (Å²) in [5.41, 5.74) is 5.29. The molecule has 4 aromatic rings. The number of rotatable bonds is 4. The number of imidazole rings is 2. The van der Waals surface area contributed by atoms with Crippen LogP contribution >= 0.6 is 0 Å². The fraction of sp³-hybridized carbons (Fsp3) is 0.500. The zero-order valence-electron chi connectivity index (χ0n) is 26.9. The molecule has 2 fully saturated rings. The quantitative estimate of drug-likeness (QED) is 0.248. The number of H-pyrrole nitrogens is 2. The van der Waals surface area contributed by atoms with Crippen molar-refractivity contribution in [3.05, 3.63) is 59.2 Å². The van der Waals surface area contributed by atoms with Crippen LogP contribution < -0.4 is 0 Å². The van der Waals surface area contributed by atoms with Gasteiger partial charge in [0.2, 0.25) is 11.8 Å². The molecule has 2 aromatic carbocycles. The number of hydrogen-bond donors (Lipinski definition) is 2. The lowest BCUT2D eigenvalue weighted by molar-refractivity contribution is -0.135. The lowest BCUT2D eigenvalue weighted by Gasteiger charge is -2.27. The van der Waals surface area contributed by atoms with Crippen molar-refractivity contribution in [3.8, 4) is 11.8 Å². The Hall–Kier alpha value is -4.12. The average molecular weight is 593 g/mol. The Labute approximate surface area is 260 Å². The molecule has 8 heteroatoms. The lowest BCUT2D eigenvalue weighted by atomic mass is 9.91. The SMILES string of the molecule is CC(C)(C)CC(=O)N1CCCC1c1nc2cc(C#Cc3ccc4[nH]c([C@@H]5CCCN5C(=O)CC(C)(C)C)nc4c3)ccc2[nH]1. The molecule has 2 atom stereocenters. The normalized spacial score (nSPS) is 19.1. The van der Waals surface area contributed by atoms with Gasteiger partial charge in [-0.3, -0.25) is 9.59 Å². The van der Waals surface area contributed by atoms with Crippen LogP contribution in [0.25, 0.3) is 22.1 Å². The van der Waals surface area contributed by atoms with Crippen molar-refractivity contribution < 1.29 is 9.59 Å². The van der Waals surface area contributed by atoms with Crippen LogP contribution in [0.4, 0.5) is 0 Å². The van der Waals surface area contributed by atoms with Crippen molar-refractivity contribution in [1.29, 1.82) is 0 Å². The van der Waals surface area contributed by atoms with Crippen LogP contribution in [0.15, 0.2) is 36.4 Å². The number of amides is 2. The molecule has 2 saturated heterocycles. The van der Waals surface area contributed by atoms with Gasteiger partial charge in [0.25, 0.3) is 0 Å². The summed E-state index contributed by atoms with van der Waals surface area (Å²) in [6.07, 6.45) is 4.89. The Morgan fingerprint density at radius 2 is 1.14 bits per heavy atom. The molecule has 6 rings (SSSR count). The molecular weight excluding hydrogens is 548 g/mol. The van der Waals surface area contributed by atoms with Gasteiger partial charge in [0.1, 0.15) is 11.6 Å². The van der Waals surface area contributed by atoms with Gasteiger partial charge >= 0.3 is 0 Å². The molecule has 2 aliphatic rings. The molecule has 230 valence electrons. The molecule has 8 nitrogen and oxygen atoms in total. The Bertz CT molecular complexity index is 1650. The van der Waals surface area contributed by atoms with Crippen molar-refractivity contribution in [3.63, 3.8) is 0 Å². The van der Waals surface area contributed by atoms with Gasteiger partial charge in [0, 0.05) is 37.1 Å². The first kappa shape index (κ1) is 29.9. The van der Waals surface area contributed by atoms with E-state index in [1.54, 1.807) is 0 Å². The third kappa shape index (κ3) is 6.52. The maximum absolute atomic E-state index is 13.0. The molecule has 0 bridgehead atoms. The van der Waals surface area contributed by atoms with E-state index in [1.807, 2.05) is 46.2 Å². The number of benzene rings is 2. The third-order valence-corrected chi connectivity index (χ3v) is 8.49. The van der Waals surface area contributed by atoms with E-state index < -0.39 is 0 Å². The summed E-state index contributed by atoms with van der Waals surface area (Å²) < 4.78 is 0. The van der Waals surface area contributed by atoms with Gasteiger partial charge in [-0.1, -0.05) is 53.4 Å². The topological polar surface area (TPSA) is 98.0 Å². The van der Waals surface area contributed by atoms with Gasteiger partial charge in [0.05, 0.1) is 34.2 Å². The predicted octanol–water partition coefficient (Wildman–Crippen LogP) is 7.04. The molecule has 0 radical (unpaired) electrons. The van der Waals surface area contributed by atoms with E-state index in [4.69, 9.17) is 9.97 Å². The Morgan fingerprint density at radius 3 is 1.52 bits per heavy atom. The zero-order chi connectivity index (χ0) is 31.2. The summed E-state index contributed by atoms with van der Waals surface area (Å²) in [6.45, 7) is 14.2. The van der Waals surface area contributed by atoms with Gasteiger partial charge in [-0.15, -0.1) is 0 Å². The maximum Gasteiger partial charge on any atom is 0.223 e. The molecule has 2 amide bonds. The van der Waals surface area contributed by atoms with E-state index in [9.17, 15) is 9.59 Å². The van der Waals surface area contributed by atoms with Crippen molar-refractivity contribution in [1.82, 2.24) is 29.7 Å². The fourth-order valence-corrected chi connectivity index (χ4v) is 6.48. The minimum atomic E-state index is -0.0425. The predicted molar refractivity (Wildman–Crippen MR) is 174 cm³/mol. The summed E-state index contributed by atoms with van der Waals surface area (Å²) in [5.74, 6) is 8.69. The zero-order valence-corrected chi connectivity index (χ0v) is 26.9. The molecule has 0 aliphatic carbocycles. The fourth-order valence-electron chi connectivity index (χ4n) is 6.48. The lowest BCUT2D eigenvalue weighted by Crippen LogP contribution is -2.33. The molecule has 2 N–H and O–H groups in total. The van der Waals surface area contributed by atoms with Crippen LogP contribution in [0.2, 0.25) is 0 Å². The summed E-state index contributed by atoms with van der Waals surface area (Å²) in [7, 11) is 0. The van der Waals surface area contributed by atoms with Crippen molar-refractivity contribution in [2.75, 3.05) is 13.1 Å². The number of nitrogens with zero attached hydrogens (tertiary/aromatic N) is 4. The highest BCUT2D eigenvalue weighted by molar-refractivity contribution is 5.81. The minimum absolute atomic E-state index is 0.00910. The largest absolute Gasteiger partial charge is 0.340 e. The van der Waals surface area contributed by atoms with Gasteiger partial charge in [-0.05, 0) is 72.9 Å². The standard InChI is InChI=1S/C36H44N6O2/c1-35(2,3)21-31(43)41-17-7-9-29(41)33-37-25-15-13-23(19-27(25)39-33)11-12-24-14-16-26-28(20-24)40-34(38-26)30-10-8-18-42(30)32(44)22-36(4,5)6/h13-16,19-20,29-30H,7-10,17-18,21-22H2,1-6H3,(H,37,39)(H,38,40)/t29-,30?/m0/s1. The minimum Gasteiger partial charge on any atom is -0.340 e. The summed E-state index contributed by atoms with van der Waals surface area (Å²) in [5, 5.41) is 0. The summed E-state index contributed by atoms with van der Waals surface area (Å²) in [4.78, 5) is 46.7. The van der Waals surface area contributed by atoms with Crippen LogP contribution in [0.5, 0.6) is 0 Å². The third-order valence-electron chi connectivity index (χ3n) is 8.49. The van der Waals surface area contributed by atoms with Crippen LogP contribution in [-0.2, 0) is 9.59 Å². The van der Waals surface area contributed by atoms with Crippen molar-refractivity contribution in [2.24, 2.45) is 10.8 Å². The highest BCUT2D eigenvalue weighted by atomic mass is 16.2. The van der Waals surface area contributed by atoms with Gasteiger partial charge in [-0.2, -0.15) is 0 Å². The monoisotopic (exact) mass is 592 g/mol. The van der Waals surface area contributed by atoms with Crippen LogP contribution in [0, 0.1) is 22.7 Å². The smallest absolute Gasteiger partial charge is 0.223 e. The Balaban J connectivity index is 1.18. The second-order valence-electron chi connectivity index (χ2n) is 14.9. The van der Waals surface area contributed by atoms with E-state index in [0.717, 1.165) is 83.6 Å². The number of carbonyl (C=O) groups excluding carboxylic acids is 2. The average Bonchev–Trinajstić information content (AvgIpc) is 3.73. The summed E-state index contributed by atoms with van der Waals surface area (Å²) >= 11 is 0. The van der Waals surface area contributed by atoms with Crippen LogP contribution in [-0.4, -0.2) is 54.6 Å². The number of nitrogens with one attached hydrogen (secondary N) is 2. The second kappa shape index (κ2) is 11.4. The number of aromatic amines is 2. The van der Waals surface area contributed by atoms with Crippen LogP contribution in [0.1, 0.15) is 115 Å². The first-order valence-corrected chi connectivity index (χ1v) is 15.9. The molecule has 0 spiro atoms. The van der Waals surface area contributed by atoms with Crippen molar-refractivity contribution >= 4 is 33.9 Å². The van der Waals surface area contributed by atoms with Crippen molar-refractivity contribution in [2.45, 2.75) is 92.2 Å². The highest BCUT2D eigenvalue weighted by Crippen LogP contribution is 2.35. The molecule has 44 heavy (non-hydrogen) atoms. The first-order valence-electron chi connectivity index (χ1n) is 15.9. The maximum atomic E-state index is 13.0. The molecule has 2 aliphatic heterocycles.